The Kier molecular flexibility index (Phi) is 8.69. The van der Waals surface area contributed by atoms with Crippen LogP contribution in [0.25, 0.3) is 5.69 Å². The number of nitrogens with two attached hydrogens (primary N) is 1. The van der Waals surface area contributed by atoms with Gasteiger partial charge in [-0.3, -0.25) is 4.79 Å². The number of amides is 1. The van der Waals surface area contributed by atoms with E-state index in [0.717, 1.165) is 36.2 Å². The minimum Gasteiger partial charge on any atom is -0.330 e. The first-order chi connectivity index (χ1) is 16.1. The highest BCUT2D eigenvalue weighted by Crippen LogP contribution is 2.15. The van der Waals surface area contributed by atoms with Gasteiger partial charge in [0.1, 0.15) is 5.82 Å². The van der Waals surface area contributed by atoms with Gasteiger partial charge in [0.15, 0.2) is 0 Å². The molecule has 1 aliphatic carbocycles. The number of allylic oxidation sites excluding steroid dienone is 3. The Morgan fingerprint density at radius 1 is 1.18 bits per heavy atom. The molecular weight excluding hydrogens is 412 g/mol. The number of aryl methyl sites for hydroxylation is 1. The van der Waals surface area contributed by atoms with E-state index in [1.807, 2.05) is 55.6 Å². The third-order valence-corrected chi connectivity index (χ3v) is 4.95. The van der Waals surface area contributed by atoms with Gasteiger partial charge in [0.25, 0.3) is 0 Å². The van der Waals surface area contributed by atoms with Crippen molar-refractivity contribution in [1.82, 2.24) is 14.8 Å². The number of nitriles is 1. The molecule has 0 radical (unpaired) electrons. The number of nitrogens with zero attached hydrogens (tertiary/aromatic N) is 4. The van der Waals surface area contributed by atoms with Crippen LogP contribution in [0.1, 0.15) is 36.1 Å². The van der Waals surface area contributed by atoms with Crippen LogP contribution >= 0.6 is 0 Å². The van der Waals surface area contributed by atoms with Gasteiger partial charge in [0.2, 0.25) is 5.91 Å². The number of carbonyl (C=O) groups is 1. The normalized spacial score (nSPS) is 12.2. The average molecular weight is 441 g/mol. The Hall–Kier alpha value is -4.02. The average Bonchev–Trinajstić information content (AvgIpc) is 3.27. The van der Waals surface area contributed by atoms with Crippen LogP contribution in [0, 0.1) is 18.3 Å². The van der Waals surface area contributed by atoms with Crippen LogP contribution in [-0.4, -0.2) is 27.2 Å². The smallest absolute Gasteiger partial charge is 0.229 e. The van der Waals surface area contributed by atoms with Crippen molar-refractivity contribution in [1.29, 1.82) is 5.26 Å². The highest BCUT2D eigenvalue weighted by Gasteiger charge is 2.07. The molecule has 0 unspecified atom stereocenters. The molecule has 1 aromatic carbocycles. The Morgan fingerprint density at radius 3 is 2.58 bits per heavy atom. The lowest BCUT2D eigenvalue weighted by Crippen LogP contribution is -2.13. The van der Waals surface area contributed by atoms with Gasteiger partial charge in [-0.1, -0.05) is 30.4 Å². The Morgan fingerprint density at radius 2 is 2.00 bits per heavy atom. The number of anilines is 1. The zero-order valence-corrected chi connectivity index (χ0v) is 18.7. The van der Waals surface area contributed by atoms with Crippen molar-refractivity contribution >= 4 is 11.7 Å². The summed E-state index contributed by atoms with van der Waals surface area (Å²) in [4.78, 5) is 16.3. The van der Waals surface area contributed by atoms with Gasteiger partial charge in [-0.2, -0.15) is 10.4 Å². The number of aromatic nitrogens is 3. The lowest BCUT2D eigenvalue weighted by molar-refractivity contribution is -0.115. The van der Waals surface area contributed by atoms with Crippen LogP contribution in [0.15, 0.2) is 78.7 Å². The van der Waals surface area contributed by atoms with E-state index in [1.54, 1.807) is 16.9 Å². The maximum Gasteiger partial charge on any atom is 0.229 e. The molecule has 7 heteroatoms. The van der Waals surface area contributed by atoms with E-state index in [-0.39, 0.29) is 5.91 Å². The van der Waals surface area contributed by atoms with E-state index in [0.29, 0.717) is 24.3 Å². The summed E-state index contributed by atoms with van der Waals surface area (Å²) in [7, 11) is 0. The van der Waals surface area contributed by atoms with Crippen molar-refractivity contribution in [3.8, 4) is 11.8 Å². The van der Waals surface area contributed by atoms with Gasteiger partial charge in [-0.05, 0) is 74.2 Å². The van der Waals surface area contributed by atoms with Crippen molar-refractivity contribution in [3.05, 3.63) is 95.5 Å². The molecule has 0 saturated carbocycles. The van der Waals surface area contributed by atoms with Crippen LogP contribution in [-0.2, 0) is 11.2 Å². The minimum absolute atomic E-state index is 0.0482. The first-order valence-corrected chi connectivity index (χ1v) is 10.9. The molecule has 3 N–H and O–H groups in total. The third-order valence-electron chi connectivity index (χ3n) is 4.95. The zero-order valence-electron chi connectivity index (χ0n) is 18.7. The van der Waals surface area contributed by atoms with Crippen LogP contribution < -0.4 is 11.1 Å². The summed E-state index contributed by atoms with van der Waals surface area (Å²) >= 11 is 0. The lowest BCUT2D eigenvalue weighted by Gasteiger charge is -2.08. The Bertz CT molecular complexity index is 1150. The molecule has 168 valence electrons. The molecule has 0 aliphatic heterocycles. The summed E-state index contributed by atoms with van der Waals surface area (Å²) < 4.78 is 1.76. The summed E-state index contributed by atoms with van der Waals surface area (Å²) in [5, 5.41) is 15.6. The fraction of sp³-hybridized carbons (Fsp3) is 0.231. The predicted octanol–water partition coefficient (Wildman–Crippen LogP) is 4.24. The van der Waals surface area contributed by atoms with E-state index in [4.69, 9.17) is 11.0 Å². The molecule has 0 atom stereocenters. The monoisotopic (exact) mass is 440 g/mol. The first-order valence-electron chi connectivity index (χ1n) is 10.9. The van der Waals surface area contributed by atoms with E-state index in [2.05, 4.69) is 33.6 Å². The molecule has 0 bridgehead atoms. The maximum atomic E-state index is 12.0. The predicted molar refractivity (Wildman–Crippen MR) is 130 cm³/mol. The molecule has 4 rings (SSSR count). The summed E-state index contributed by atoms with van der Waals surface area (Å²) in [5.41, 5.74) is 10.1. The number of pyridine rings is 1. The molecule has 7 nitrogen and oxygen atoms in total. The van der Waals surface area contributed by atoms with Gasteiger partial charge >= 0.3 is 0 Å². The first kappa shape index (κ1) is 23.6. The summed E-state index contributed by atoms with van der Waals surface area (Å²) in [6.07, 6.45) is 13.1. The highest BCUT2D eigenvalue weighted by molar-refractivity contribution is 5.91. The maximum absolute atomic E-state index is 12.0. The molecule has 3 aromatic rings. The summed E-state index contributed by atoms with van der Waals surface area (Å²) in [5.74, 6) is 0.506. The molecular formula is C26H28N6O. The second-order valence-electron chi connectivity index (χ2n) is 7.63. The van der Waals surface area contributed by atoms with E-state index in [1.165, 1.54) is 5.56 Å². The number of rotatable bonds is 6. The Labute approximate surface area is 194 Å². The number of hydrogen-bond donors (Lipinski definition) is 2. The number of hydrogen-bond acceptors (Lipinski definition) is 5. The molecule has 2 heterocycles. The van der Waals surface area contributed by atoms with Crippen molar-refractivity contribution in [2.24, 2.45) is 5.73 Å². The van der Waals surface area contributed by atoms with Crippen LogP contribution in [0.2, 0.25) is 0 Å². The molecule has 33 heavy (non-hydrogen) atoms. The highest BCUT2D eigenvalue weighted by atomic mass is 16.1. The van der Waals surface area contributed by atoms with Gasteiger partial charge < -0.3 is 11.1 Å². The van der Waals surface area contributed by atoms with Gasteiger partial charge in [0, 0.05) is 6.20 Å². The van der Waals surface area contributed by atoms with Crippen molar-refractivity contribution in [2.75, 3.05) is 11.9 Å². The van der Waals surface area contributed by atoms with Crippen molar-refractivity contribution < 1.29 is 4.79 Å². The number of nitrogens with one attached hydrogen (secondary N) is 1. The second-order valence-corrected chi connectivity index (χ2v) is 7.63. The minimum atomic E-state index is -0.0482. The molecule has 2 aromatic heterocycles. The molecule has 0 spiro atoms. The fourth-order valence-electron chi connectivity index (χ4n) is 3.24. The summed E-state index contributed by atoms with van der Waals surface area (Å²) in [6.45, 7) is 2.60. The van der Waals surface area contributed by atoms with Crippen LogP contribution in [0.3, 0.4) is 0 Å². The molecule has 0 saturated heterocycles. The van der Waals surface area contributed by atoms with Crippen molar-refractivity contribution in [3.63, 3.8) is 0 Å². The van der Waals surface area contributed by atoms with Gasteiger partial charge in [-0.15, -0.1) is 0 Å². The third kappa shape index (κ3) is 7.56. The molecule has 1 amide bonds. The van der Waals surface area contributed by atoms with Gasteiger partial charge in [0.05, 0.1) is 35.6 Å². The van der Waals surface area contributed by atoms with Crippen molar-refractivity contribution in [2.45, 2.75) is 32.6 Å². The SMILES string of the molecule is Cc1ccn(-c2ccc(NC(=O)CC3=CCCC=C3)nc2)n1.N#Cc1ccc(CCN)cc1. The Balaban J connectivity index is 0.000000235. The number of benzene rings is 1. The topological polar surface area (TPSA) is 110 Å². The quantitative estimate of drug-likeness (QED) is 0.596. The van der Waals surface area contributed by atoms with E-state index >= 15 is 0 Å². The second kappa shape index (κ2) is 12.1. The number of carbonyl (C=O) groups excluding carboxylic acids is 1. The molecule has 1 aliphatic rings. The zero-order chi connectivity index (χ0) is 23.5. The van der Waals surface area contributed by atoms with Crippen LogP contribution in [0.5, 0.6) is 0 Å². The van der Waals surface area contributed by atoms with Gasteiger partial charge in [-0.25, -0.2) is 9.67 Å². The van der Waals surface area contributed by atoms with E-state index in [9.17, 15) is 4.79 Å². The lowest BCUT2D eigenvalue weighted by atomic mass is 10.0. The summed E-state index contributed by atoms with van der Waals surface area (Å²) in [6, 6.07) is 15.2. The molecule has 0 fully saturated rings. The van der Waals surface area contributed by atoms with Crippen LogP contribution in [0.4, 0.5) is 5.82 Å². The van der Waals surface area contributed by atoms with E-state index < -0.39 is 0 Å². The fourth-order valence-corrected chi connectivity index (χ4v) is 3.24. The largest absolute Gasteiger partial charge is 0.330 e. The standard InChI is InChI=1S/C17H18N4O.C9H10N2/c1-13-9-10-21(20-13)15-7-8-16(18-12-15)19-17(22)11-14-5-3-2-4-6-14;10-6-5-8-1-3-9(7-11)4-2-8/h3,5-10,12H,2,4,11H2,1H3,(H,18,19,22);1-4H,5-6,10H2.